The first-order valence-corrected chi connectivity index (χ1v) is 12.7. The highest BCUT2D eigenvalue weighted by Gasteiger charge is 2.25. The lowest BCUT2D eigenvalue weighted by Crippen LogP contribution is -2.44. The Kier molecular flexibility index (Phi) is 8.64. The van der Waals surface area contributed by atoms with E-state index in [1.54, 1.807) is 50.6 Å². The number of piperidine rings is 2. The van der Waals surface area contributed by atoms with Gasteiger partial charge in [0.05, 0.1) is 32.0 Å². The minimum absolute atomic E-state index is 0.0790. The first-order valence-electron chi connectivity index (χ1n) is 12.7. The number of ether oxygens (including phenoxy) is 2. The number of carbonyl (C=O) groups excluding carboxylic acids is 2. The van der Waals surface area contributed by atoms with E-state index in [9.17, 15) is 9.59 Å². The van der Waals surface area contributed by atoms with Crippen LogP contribution in [0, 0.1) is 5.92 Å². The van der Waals surface area contributed by atoms with Crippen LogP contribution in [-0.4, -0.2) is 75.0 Å². The summed E-state index contributed by atoms with van der Waals surface area (Å²) in [4.78, 5) is 30.6. The molecule has 2 aliphatic rings. The number of ketones is 1. The van der Waals surface area contributed by atoms with E-state index in [4.69, 9.17) is 9.47 Å². The normalized spacial score (nSPS) is 17.1. The van der Waals surface area contributed by atoms with E-state index in [-0.39, 0.29) is 18.2 Å². The maximum absolute atomic E-state index is 13.1. The predicted molar refractivity (Wildman–Crippen MR) is 138 cm³/mol. The standard InChI is InChI=1S/C28H37N3O4/c1-34-23-11-9-22(10-12-23)27(33)24-7-6-8-25(28(24)35-2)29-19-26(32)31-17-13-21(14-18-31)20-30-15-4-3-5-16-30/h6-12,21,29H,3-5,13-20H2,1-2H3. The first kappa shape index (κ1) is 25.0. The molecule has 2 aromatic rings. The monoisotopic (exact) mass is 479 g/mol. The number of nitrogens with zero attached hydrogens (tertiary/aromatic N) is 2. The molecule has 0 unspecified atom stereocenters. The van der Waals surface area contributed by atoms with Crippen molar-refractivity contribution < 1.29 is 19.1 Å². The highest BCUT2D eigenvalue weighted by molar-refractivity contribution is 6.11. The third kappa shape index (κ3) is 6.34. The van der Waals surface area contributed by atoms with E-state index >= 15 is 0 Å². The molecule has 2 aromatic carbocycles. The Hall–Kier alpha value is -3.06. The maximum atomic E-state index is 13.1. The van der Waals surface area contributed by atoms with Crippen LogP contribution in [0.1, 0.15) is 48.0 Å². The Morgan fingerprint density at radius 2 is 1.63 bits per heavy atom. The summed E-state index contributed by atoms with van der Waals surface area (Å²) < 4.78 is 10.8. The number of benzene rings is 2. The second-order valence-corrected chi connectivity index (χ2v) is 9.48. The molecule has 2 aliphatic heterocycles. The van der Waals surface area contributed by atoms with Crippen LogP contribution < -0.4 is 14.8 Å². The molecule has 0 aromatic heterocycles. The van der Waals surface area contributed by atoms with Gasteiger partial charge in [0.25, 0.3) is 0 Å². The van der Waals surface area contributed by atoms with Crippen molar-refractivity contribution in [1.82, 2.24) is 9.80 Å². The maximum Gasteiger partial charge on any atom is 0.241 e. The molecule has 0 spiro atoms. The van der Waals surface area contributed by atoms with Crippen LogP contribution >= 0.6 is 0 Å². The van der Waals surface area contributed by atoms with Crippen molar-refractivity contribution in [2.24, 2.45) is 5.92 Å². The van der Waals surface area contributed by atoms with Gasteiger partial charge in [0.2, 0.25) is 5.91 Å². The molecular weight excluding hydrogens is 442 g/mol. The van der Waals surface area contributed by atoms with E-state index in [0.29, 0.717) is 34.2 Å². The Labute approximate surface area is 208 Å². The van der Waals surface area contributed by atoms with E-state index in [0.717, 1.165) is 25.9 Å². The van der Waals surface area contributed by atoms with Gasteiger partial charge in [-0.05, 0) is 81.1 Å². The third-order valence-electron chi connectivity index (χ3n) is 7.18. The number of carbonyl (C=O) groups is 2. The average molecular weight is 480 g/mol. The number of likely N-dealkylation sites (tertiary alicyclic amines) is 2. The SMILES string of the molecule is COc1ccc(C(=O)c2cccc(NCC(=O)N3CCC(CN4CCCCC4)CC3)c2OC)cc1. The molecule has 7 heteroatoms. The van der Waals surface area contributed by atoms with E-state index in [1.807, 2.05) is 11.0 Å². The second-order valence-electron chi connectivity index (χ2n) is 9.48. The molecule has 7 nitrogen and oxygen atoms in total. The molecule has 1 N–H and O–H groups in total. The molecule has 0 aliphatic carbocycles. The van der Waals surface area contributed by atoms with Gasteiger partial charge in [-0.25, -0.2) is 0 Å². The number of rotatable bonds is 9. The molecule has 2 fully saturated rings. The quantitative estimate of drug-likeness (QED) is 0.547. The zero-order valence-corrected chi connectivity index (χ0v) is 20.9. The van der Waals surface area contributed by atoms with Crippen LogP contribution in [0.5, 0.6) is 11.5 Å². The summed E-state index contributed by atoms with van der Waals surface area (Å²) in [5.74, 6) is 1.76. The van der Waals surface area contributed by atoms with Crippen LogP contribution in [0.2, 0.25) is 0 Å². The minimum Gasteiger partial charge on any atom is -0.497 e. The lowest BCUT2D eigenvalue weighted by atomic mass is 9.95. The van der Waals surface area contributed by atoms with E-state index < -0.39 is 0 Å². The third-order valence-corrected chi connectivity index (χ3v) is 7.18. The van der Waals surface area contributed by atoms with Crippen LogP contribution in [0.4, 0.5) is 5.69 Å². The predicted octanol–water partition coefficient (Wildman–Crippen LogP) is 4.07. The van der Waals surface area contributed by atoms with Gasteiger partial charge in [0.1, 0.15) is 5.75 Å². The molecule has 188 valence electrons. The van der Waals surface area contributed by atoms with Crippen molar-refractivity contribution in [3.63, 3.8) is 0 Å². The van der Waals surface area contributed by atoms with Gasteiger partial charge in [-0.15, -0.1) is 0 Å². The fraction of sp³-hybridized carbons (Fsp3) is 0.500. The van der Waals surface area contributed by atoms with Crippen molar-refractivity contribution in [2.45, 2.75) is 32.1 Å². The summed E-state index contributed by atoms with van der Waals surface area (Å²) >= 11 is 0. The number of anilines is 1. The molecule has 4 rings (SSSR count). The Morgan fingerprint density at radius 3 is 2.29 bits per heavy atom. The van der Waals surface area contributed by atoms with Crippen molar-refractivity contribution in [3.05, 3.63) is 53.6 Å². The van der Waals surface area contributed by atoms with Gasteiger partial charge >= 0.3 is 0 Å². The van der Waals surface area contributed by atoms with Gasteiger partial charge in [-0.1, -0.05) is 12.5 Å². The summed E-state index contributed by atoms with van der Waals surface area (Å²) in [5, 5.41) is 3.21. The number of amides is 1. The number of methoxy groups -OCH3 is 2. The Balaban J connectivity index is 1.33. The van der Waals surface area contributed by atoms with Gasteiger partial charge in [0, 0.05) is 25.2 Å². The molecule has 0 radical (unpaired) electrons. The lowest BCUT2D eigenvalue weighted by molar-refractivity contribution is -0.130. The van der Waals surface area contributed by atoms with E-state index in [1.165, 1.54) is 38.9 Å². The van der Waals surface area contributed by atoms with Gasteiger partial charge in [-0.3, -0.25) is 9.59 Å². The van der Waals surface area contributed by atoms with Crippen LogP contribution in [0.3, 0.4) is 0 Å². The zero-order valence-electron chi connectivity index (χ0n) is 20.9. The molecule has 2 saturated heterocycles. The van der Waals surface area contributed by atoms with Gasteiger partial charge in [0.15, 0.2) is 11.5 Å². The summed E-state index contributed by atoms with van der Waals surface area (Å²) in [7, 11) is 3.13. The minimum atomic E-state index is -0.143. The average Bonchev–Trinajstić information content (AvgIpc) is 2.92. The smallest absolute Gasteiger partial charge is 0.241 e. The van der Waals surface area contributed by atoms with Crippen LogP contribution in [0.25, 0.3) is 0 Å². The molecule has 35 heavy (non-hydrogen) atoms. The molecule has 1 amide bonds. The van der Waals surface area contributed by atoms with Crippen molar-refractivity contribution >= 4 is 17.4 Å². The Bertz CT molecular complexity index is 994. The molecule has 2 heterocycles. The topological polar surface area (TPSA) is 71.1 Å². The van der Waals surface area contributed by atoms with Crippen LogP contribution in [-0.2, 0) is 4.79 Å². The largest absolute Gasteiger partial charge is 0.497 e. The summed E-state index contributed by atoms with van der Waals surface area (Å²) in [6.45, 7) is 5.42. The highest BCUT2D eigenvalue weighted by Crippen LogP contribution is 2.31. The number of para-hydroxylation sites is 1. The highest BCUT2D eigenvalue weighted by atomic mass is 16.5. The fourth-order valence-corrected chi connectivity index (χ4v) is 5.13. The number of hydrogen-bond donors (Lipinski definition) is 1. The molecule has 0 bridgehead atoms. The number of hydrogen-bond acceptors (Lipinski definition) is 6. The van der Waals surface area contributed by atoms with Crippen molar-refractivity contribution in [1.29, 1.82) is 0 Å². The molecular formula is C28H37N3O4. The van der Waals surface area contributed by atoms with Crippen molar-refractivity contribution in [2.75, 3.05) is 58.8 Å². The first-order chi connectivity index (χ1) is 17.1. The fourth-order valence-electron chi connectivity index (χ4n) is 5.13. The van der Waals surface area contributed by atoms with Gasteiger partial charge < -0.3 is 24.6 Å². The molecule has 0 atom stereocenters. The summed E-state index contributed by atoms with van der Waals surface area (Å²) in [6, 6.07) is 12.4. The van der Waals surface area contributed by atoms with Gasteiger partial charge in [-0.2, -0.15) is 0 Å². The summed E-state index contributed by atoms with van der Waals surface area (Å²) in [5.41, 5.74) is 1.64. The number of nitrogens with one attached hydrogen (secondary N) is 1. The molecule has 0 saturated carbocycles. The Morgan fingerprint density at radius 1 is 0.914 bits per heavy atom. The zero-order chi connectivity index (χ0) is 24.6. The summed E-state index contributed by atoms with van der Waals surface area (Å²) in [6.07, 6.45) is 6.13. The second kappa shape index (κ2) is 12.1. The van der Waals surface area contributed by atoms with E-state index in [2.05, 4.69) is 10.2 Å². The lowest BCUT2D eigenvalue weighted by Gasteiger charge is -2.36. The van der Waals surface area contributed by atoms with Crippen molar-refractivity contribution in [3.8, 4) is 11.5 Å². The van der Waals surface area contributed by atoms with Crippen LogP contribution in [0.15, 0.2) is 42.5 Å².